The van der Waals surface area contributed by atoms with Crippen molar-refractivity contribution in [3.63, 3.8) is 0 Å². The Morgan fingerprint density at radius 1 is 1.17 bits per heavy atom. The zero-order valence-corrected chi connectivity index (χ0v) is 15.3. The number of para-hydroxylation sites is 2. The van der Waals surface area contributed by atoms with E-state index in [-0.39, 0.29) is 0 Å². The molecule has 0 amide bonds. The quantitative estimate of drug-likeness (QED) is 0.842. The normalized spacial score (nSPS) is 23.4. The molecule has 2 fully saturated rings. The Hall–Kier alpha value is -1.39. The van der Waals surface area contributed by atoms with E-state index < -0.39 is 0 Å². The van der Waals surface area contributed by atoms with Crippen molar-refractivity contribution in [2.45, 2.75) is 58.8 Å². The maximum absolute atomic E-state index is 4.97. The summed E-state index contributed by atoms with van der Waals surface area (Å²) in [6.45, 7) is 12.6. The van der Waals surface area contributed by atoms with Crippen LogP contribution < -0.4 is 0 Å². The van der Waals surface area contributed by atoms with E-state index in [1.165, 1.54) is 43.8 Å². The van der Waals surface area contributed by atoms with Crippen LogP contribution in [-0.4, -0.2) is 51.1 Å². The van der Waals surface area contributed by atoms with Crippen LogP contribution >= 0.6 is 0 Å². The molecule has 4 nitrogen and oxygen atoms in total. The van der Waals surface area contributed by atoms with Crippen LogP contribution in [-0.2, 0) is 13.1 Å². The molecular weight excluding hydrogens is 296 g/mol. The number of hydrogen-bond donors (Lipinski definition) is 0. The number of piperazine rings is 1. The fraction of sp³-hybridized carbons (Fsp3) is 0.650. The highest BCUT2D eigenvalue weighted by atomic mass is 15.3. The van der Waals surface area contributed by atoms with Gasteiger partial charge in [0.2, 0.25) is 0 Å². The molecule has 4 rings (SSSR count). The molecule has 1 aromatic heterocycles. The number of hydrogen-bond acceptors (Lipinski definition) is 3. The van der Waals surface area contributed by atoms with Gasteiger partial charge in [0, 0.05) is 38.3 Å². The molecule has 2 heterocycles. The van der Waals surface area contributed by atoms with Gasteiger partial charge in [-0.2, -0.15) is 0 Å². The van der Waals surface area contributed by atoms with Crippen LogP contribution in [0.2, 0.25) is 0 Å². The van der Waals surface area contributed by atoms with Crippen LogP contribution in [0.1, 0.15) is 39.4 Å². The Morgan fingerprint density at radius 2 is 1.96 bits per heavy atom. The summed E-state index contributed by atoms with van der Waals surface area (Å²) in [4.78, 5) is 10.3. The number of rotatable bonds is 5. The van der Waals surface area contributed by atoms with E-state index >= 15 is 0 Å². The molecule has 1 aliphatic heterocycles. The summed E-state index contributed by atoms with van der Waals surface area (Å²) >= 11 is 0. The van der Waals surface area contributed by atoms with E-state index in [1.54, 1.807) is 0 Å². The van der Waals surface area contributed by atoms with Crippen molar-refractivity contribution in [3.05, 3.63) is 30.1 Å². The Bertz CT molecular complexity index is 701. The fourth-order valence-electron chi connectivity index (χ4n) is 4.03. The molecule has 24 heavy (non-hydrogen) atoms. The first-order valence-electron chi connectivity index (χ1n) is 9.54. The number of benzene rings is 1. The summed E-state index contributed by atoms with van der Waals surface area (Å²) in [6.07, 6.45) is 2.83. The predicted molar refractivity (Wildman–Crippen MR) is 99.0 cm³/mol. The number of nitrogens with zero attached hydrogens (tertiary/aromatic N) is 4. The molecule has 1 aromatic carbocycles. The van der Waals surface area contributed by atoms with Crippen LogP contribution in [0.15, 0.2) is 24.3 Å². The predicted octanol–water partition coefficient (Wildman–Crippen LogP) is 3.36. The Labute approximate surface area is 145 Å². The number of imidazole rings is 1. The van der Waals surface area contributed by atoms with Crippen molar-refractivity contribution >= 4 is 11.0 Å². The minimum Gasteiger partial charge on any atom is -0.327 e. The average molecular weight is 326 g/mol. The van der Waals surface area contributed by atoms with Crippen molar-refractivity contribution in [2.75, 3.05) is 19.6 Å². The standard InChI is InChI=1S/C20H30N4/c1-15(2)12-24-19-7-5-4-6-18(19)21-20(24)14-22-10-11-23(13-16(22)3)17-8-9-17/h4-7,15-17H,8-14H2,1-3H3. The summed E-state index contributed by atoms with van der Waals surface area (Å²) in [5, 5.41) is 0. The fourth-order valence-corrected chi connectivity index (χ4v) is 4.03. The van der Waals surface area contributed by atoms with E-state index in [9.17, 15) is 0 Å². The number of fused-ring (bicyclic) bond motifs is 1. The molecule has 0 bridgehead atoms. The second-order valence-corrected chi connectivity index (χ2v) is 8.07. The number of aromatic nitrogens is 2. The van der Waals surface area contributed by atoms with E-state index in [0.29, 0.717) is 12.0 Å². The molecule has 0 radical (unpaired) electrons. The lowest BCUT2D eigenvalue weighted by atomic mass is 10.2. The molecule has 0 spiro atoms. The first kappa shape index (κ1) is 16.1. The molecule has 4 heteroatoms. The smallest absolute Gasteiger partial charge is 0.124 e. The summed E-state index contributed by atoms with van der Waals surface area (Å²) < 4.78 is 2.44. The largest absolute Gasteiger partial charge is 0.327 e. The molecule has 1 saturated heterocycles. The van der Waals surface area contributed by atoms with E-state index in [0.717, 1.165) is 24.6 Å². The highest BCUT2D eigenvalue weighted by Crippen LogP contribution is 2.29. The van der Waals surface area contributed by atoms with Gasteiger partial charge in [0.1, 0.15) is 5.82 Å². The summed E-state index contributed by atoms with van der Waals surface area (Å²) in [5.74, 6) is 1.86. The first-order chi connectivity index (χ1) is 11.6. The van der Waals surface area contributed by atoms with Crippen molar-refractivity contribution in [1.29, 1.82) is 0 Å². The van der Waals surface area contributed by atoms with Gasteiger partial charge in [0.25, 0.3) is 0 Å². The summed E-state index contributed by atoms with van der Waals surface area (Å²) in [7, 11) is 0. The zero-order valence-electron chi connectivity index (χ0n) is 15.3. The second-order valence-electron chi connectivity index (χ2n) is 8.07. The van der Waals surface area contributed by atoms with Gasteiger partial charge in [-0.25, -0.2) is 4.98 Å². The van der Waals surface area contributed by atoms with Gasteiger partial charge in [0.05, 0.1) is 17.6 Å². The van der Waals surface area contributed by atoms with Crippen LogP contribution in [0.25, 0.3) is 11.0 Å². The minimum absolute atomic E-state index is 0.617. The second kappa shape index (κ2) is 6.49. The lowest BCUT2D eigenvalue weighted by Crippen LogP contribution is -2.52. The highest BCUT2D eigenvalue weighted by molar-refractivity contribution is 5.75. The van der Waals surface area contributed by atoms with Gasteiger partial charge in [-0.05, 0) is 37.8 Å². The molecule has 2 aromatic rings. The third-order valence-corrected chi connectivity index (χ3v) is 5.49. The van der Waals surface area contributed by atoms with Crippen molar-refractivity contribution in [2.24, 2.45) is 5.92 Å². The van der Waals surface area contributed by atoms with Gasteiger partial charge in [-0.1, -0.05) is 26.0 Å². The summed E-state index contributed by atoms with van der Waals surface area (Å²) in [6, 6.07) is 10.1. The van der Waals surface area contributed by atoms with E-state index in [4.69, 9.17) is 4.98 Å². The lowest BCUT2D eigenvalue weighted by molar-refractivity contribution is 0.0702. The van der Waals surface area contributed by atoms with Gasteiger partial charge >= 0.3 is 0 Å². The van der Waals surface area contributed by atoms with Crippen LogP contribution in [0.3, 0.4) is 0 Å². The maximum Gasteiger partial charge on any atom is 0.124 e. The zero-order chi connectivity index (χ0) is 16.7. The molecule has 1 aliphatic carbocycles. The van der Waals surface area contributed by atoms with Gasteiger partial charge in [0.15, 0.2) is 0 Å². The third-order valence-electron chi connectivity index (χ3n) is 5.49. The van der Waals surface area contributed by atoms with Gasteiger partial charge < -0.3 is 4.57 Å². The lowest BCUT2D eigenvalue weighted by Gasteiger charge is -2.40. The highest BCUT2D eigenvalue weighted by Gasteiger charge is 2.34. The van der Waals surface area contributed by atoms with Crippen LogP contribution in [0, 0.1) is 5.92 Å². The van der Waals surface area contributed by atoms with Gasteiger partial charge in [-0.15, -0.1) is 0 Å². The molecule has 130 valence electrons. The summed E-state index contributed by atoms with van der Waals surface area (Å²) in [5.41, 5.74) is 2.42. The third kappa shape index (κ3) is 3.22. The molecular formula is C20H30N4. The SMILES string of the molecule is CC(C)Cn1c(CN2CCN(C3CC3)CC2C)nc2ccccc21. The molecule has 1 atom stereocenters. The van der Waals surface area contributed by atoms with E-state index in [1.807, 2.05) is 0 Å². The first-order valence-corrected chi connectivity index (χ1v) is 9.54. The van der Waals surface area contributed by atoms with Crippen molar-refractivity contribution in [1.82, 2.24) is 19.4 Å². The maximum atomic E-state index is 4.97. The van der Waals surface area contributed by atoms with Crippen LogP contribution in [0.5, 0.6) is 0 Å². The van der Waals surface area contributed by atoms with E-state index in [2.05, 4.69) is 59.4 Å². The van der Waals surface area contributed by atoms with Crippen molar-refractivity contribution < 1.29 is 0 Å². The molecule has 2 aliphatic rings. The Kier molecular flexibility index (Phi) is 4.35. The molecule has 1 saturated carbocycles. The Balaban J connectivity index is 1.55. The average Bonchev–Trinajstić information content (AvgIpc) is 3.34. The topological polar surface area (TPSA) is 24.3 Å². The Morgan fingerprint density at radius 3 is 2.67 bits per heavy atom. The minimum atomic E-state index is 0.617. The molecule has 1 unspecified atom stereocenters. The van der Waals surface area contributed by atoms with Crippen molar-refractivity contribution in [3.8, 4) is 0 Å². The molecule has 0 N–H and O–H groups in total. The monoisotopic (exact) mass is 326 g/mol. The van der Waals surface area contributed by atoms with Crippen LogP contribution in [0.4, 0.5) is 0 Å². The van der Waals surface area contributed by atoms with Gasteiger partial charge in [-0.3, -0.25) is 9.80 Å².